The lowest BCUT2D eigenvalue weighted by Crippen LogP contribution is -3.14. The second kappa shape index (κ2) is 7.38. The molecule has 4 rings (SSSR count). The number of carbonyl (C=O) groups is 1. The number of rotatable bonds is 3. The Balaban J connectivity index is 1.54. The average Bonchev–Trinajstić information content (AvgIpc) is 3.21. The van der Waals surface area contributed by atoms with Crippen LogP contribution in [0, 0.1) is 0 Å². The van der Waals surface area contributed by atoms with E-state index in [1.54, 1.807) is 0 Å². The maximum absolute atomic E-state index is 12.9. The summed E-state index contributed by atoms with van der Waals surface area (Å²) in [5.41, 5.74) is 1.45. The van der Waals surface area contributed by atoms with Crippen molar-refractivity contribution in [2.24, 2.45) is 0 Å². The molecule has 1 fully saturated rings. The number of fused-ring (bicyclic) bond motifs is 1. The van der Waals surface area contributed by atoms with Gasteiger partial charge in [-0.2, -0.15) is 0 Å². The molecule has 2 atom stereocenters. The normalized spacial score (nSPS) is 24.4. The fraction of sp³-hybridized carbons (Fsp3) is 0.526. The molecular weight excluding hydrogens is 336 g/mol. The van der Waals surface area contributed by atoms with E-state index < -0.39 is 0 Å². The zero-order valence-electron chi connectivity index (χ0n) is 14.0. The first-order valence-corrected chi connectivity index (χ1v) is 10.8. The van der Waals surface area contributed by atoms with Crippen LogP contribution in [-0.4, -0.2) is 37.0 Å². The fourth-order valence-electron chi connectivity index (χ4n) is 4.08. The van der Waals surface area contributed by atoms with E-state index in [0.717, 1.165) is 26.1 Å². The number of carbonyl (C=O) groups excluding carboxylic acids is 1. The number of nitrogens with zero attached hydrogens (tertiary/aromatic N) is 1. The van der Waals surface area contributed by atoms with E-state index in [1.807, 2.05) is 22.7 Å². The first-order valence-electron chi connectivity index (χ1n) is 9.05. The summed E-state index contributed by atoms with van der Waals surface area (Å²) in [6.07, 6.45) is 6.00. The van der Waals surface area contributed by atoms with E-state index in [2.05, 4.69) is 33.9 Å². The number of likely N-dealkylation sites (tertiary alicyclic amines) is 1. The van der Waals surface area contributed by atoms with Gasteiger partial charge in [0, 0.05) is 30.0 Å². The molecule has 5 heteroatoms. The molecule has 0 saturated carbocycles. The zero-order chi connectivity index (χ0) is 16.4. The third kappa shape index (κ3) is 3.30. The van der Waals surface area contributed by atoms with Crippen molar-refractivity contribution in [3.05, 3.63) is 44.3 Å². The SMILES string of the molecule is O=C(C[NH+]1CCc2sccc2[C@H]1c1cccs1)N1CCCCCC1. The molecule has 1 saturated heterocycles. The number of hydrogen-bond donors (Lipinski definition) is 1. The predicted octanol–water partition coefficient (Wildman–Crippen LogP) is 2.74. The van der Waals surface area contributed by atoms with Crippen LogP contribution in [-0.2, 0) is 11.2 Å². The first kappa shape index (κ1) is 16.3. The lowest BCUT2D eigenvalue weighted by atomic mass is 9.98. The third-order valence-electron chi connectivity index (χ3n) is 5.34. The Bertz CT molecular complexity index is 671. The van der Waals surface area contributed by atoms with Gasteiger partial charge in [0.25, 0.3) is 5.91 Å². The van der Waals surface area contributed by atoms with Gasteiger partial charge in [0.05, 0.1) is 11.4 Å². The van der Waals surface area contributed by atoms with Crippen LogP contribution in [0.1, 0.15) is 47.0 Å². The molecule has 0 aliphatic carbocycles. The molecule has 2 aliphatic heterocycles. The lowest BCUT2D eigenvalue weighted by molar-refractivity contribution is -0.919. The van der Waals surface area contributed by atoms with Gasteiger partial charge >= 0.3 is 0 Å². The Hall–Kier alpha value is -1.17. The van der Waals surface area contributed by atoms with Gasteiger partial charge in [-0.15, -0.1) is 22.7 Å². The minimum absolute atomic E-state index is 0.343. The van der Waals surface area contributed by atoms with Gasteiger partial charge in [-0.1, -0.05) is 18.9 Å². The van der Waals surface area contributed by atoms with Crippen molar-refractivity contribution in [3.8, 4) is 0 Å². The Morgan fingerprint density at radius 3 is 2.71 bits per heavy atom. The Kier molecular flexibility index (Phi) is 5.01. The largest absolute Gasteiger partial charge is 0.338 e. The van der Waals surface area contributed by atoms with Crippen molar-refractivity contribution in [2.75, 3.05) is 26.2 Å². The summed E-state index contributed by atoms with van der Waals surface area (Å²) in [4.78, 5) is 19.4. The van der Waals surface area contributed by atoms with Crippen molar-refractivity contribution in [1.29, 1.82) is 0 Å². The Morgan fingerprint density at radius 2 is 1.96 bits per heavy atom. The standard InChI is InChI=1S/C19H24N2OS2/c22-18(20-9-3-1-2-4-10-20)14-21-11-7-16-15(8-13-24-16)19(21)17-6-5-12-23-17/h5-6,8,12-13,19H,1-4,7,9-11,14H2/p+1/t19-/m0/s1. The van der Waals surface area contributed by atoms with Crippen LogP contribution in [0.3, 0.4) is 0 Å². The smallest absolute Gasteiger partial charge is 0.277 e. The molecule has 4 heterocycles. The number of nitrogens with one attached hydrogen (secondary N) is 1. The molecule has 0 spiro atoms. The zero-order valence-corrected chi connectivity index (χ0v) is 15.6. The van der Waals surface area contributed by atoms with Crippen molar-refractivity contribution in [2.45, 2.75) is 38.1 Å². The molecule has 0 aromatic carbocycles. The summed E-state index contributed by atoms with van der Waals surface area (Å²) in [6, 6.07) is 6.99. The van der Waals surface area contributed by atoms with Crippen LogP contribution >= 0.6 is 22.7 Å². The van der Waals surface area contributed by atoms with Crippen LogP contribution in [0.5, 0.6) is 0 Å². The summed E-state index contributed by atoms with van der Waals surface area (Å²) < 4.78 is 0. The van der Waals surface area contributed by atoms with Gasteiger partial charge < -0.3 is 9.80 Å². The summed E-state index contributed by atoms with van der Waals surface area (Å²) in [7, 11) is 0. The van der Waals surface area contributed by atoms with E-state index in [4.69, 9.17) is 0 Å². The molecule has 1 N–H and O–H groups in total. The molecule has 1 amide bonds. The molecule has 0 bridgehead atoms. The van der Waals surface area contributed by atoms with Gasteiger partial charge in [-0.25, -0.2) is 0 Å². The van der Waals surface area contributed by atoms with Crippen LogP contribution in [0.2, 0.25) is 0 Å². The molecule has 24 heavy (non-hydrogen) atoms. The molecule has 2 aromatic rings. The topological polar surface area (TPSA) is 24.8 Å². The number of amides is 1. The average molecular weight is 362 g/mol. The van der Waals surface area contributed by atoms with Crippen LogP contribution in [0.25, 0.3) is 0 Å². The van der Waals surface area contributed by atoms with E-state index >= 15 is 0 Å². The Labute approximate surface area is 151 Å². The van der Waals surface area contributed by atoms with E-state index in [-0.39, 0.29) is 0 Å². The maximum atomic E-state index is 12.9. The van der Waals surface area contributed by atoms with Gasteiger partial charge in [-0.05, 0) is 35.7 Å². The van der Waals surface area contributed by atoms with Gasteiger partial charge in [0.1, 0.15) is 6.04 Å². The highest BCUT2D eigenvalue weighted by atomic mass is 32.1. The predicted molar refractivity (Wildman–Crippen MR) is 99.9 cm³/mol. The molecule has 128 valence electrons. The number of quaternary nitrogens is 1. The molecule has 0 radical (unpaired) electrons. The van der Waals surface area contributed by atoms with Crippen molar-refractivity contribution in [1.82, 2.24) is 4.90 Å². The van der Waals surface area contributed by atoms with Gasteiger partial charge in [0.2, 0.25) is 0 Å². The van der Waals surface area contributed by atoms with E-state index in [1.165, 1.54) is 45.9 Å². The van der Waals surface area contributed by atoms with E-state index in [0.29, 0.717) is 18.5 Å². The fourth-order valence-corrected chi connectivity index (χ4v) is 5.90. The molecule has 2 aromatic heterocycles. The van der Waals surface area contributed by atoms with E-state index in [9.17, 15) is 4.79 Å². The second-order valence-electron chi connectivity index (χ2n) is 6.88. The monoisotopic (exact) mass is 361 g/mol. The van der Waals surface area contributed by atoms with Crippen molar-refractivity contribution in [3.63, 3.8) is 0 Å². The second-order valence-corrected chi connectivity index (χ2v) is 8.86. The van der Waals surface area contributed by atoms with Gasteiger partial charge in [-0.3, -0.25) is 4.79 Å². The van der Waals surface area contributed by atoms with Crippen molar-refractivity contribution < 1.29 is 9.69 Å². The summed E-state index contributed by atoms with van der Waals surface area (Å²) in [5.74, 6) is 0.354. The van der Waals surface area contributed by atoms with Crippen LogP contribution < -0.4 is 4.90 Å². The quantitative estimate of drug-likeness (QED) is 0.893. The van der Waals surface area contributed by atoms with Crippen LogP contribution in [0.4, 0.5) is 0 Å². The summed E-state index contributed by atoms with van der Waals surface area (Å²) >= 11 is 3.70. The first-order chi connectivity index (χ1) is 11.8. The molecular formula is C19H25N2OS2+. The van der Waals surface area contributed by atoms with Crippen molar-refractivity contribution >= 4 is 28.6 Å². The highest BCUT2D eigenvalue weighted by molar-refractivity contribution is 7.10. The maximum Gasteiger partial charge on any atom is 0.277 e. The summed E-state index contributed by atoms with van der Waals surface area (Å²) in [6.45, 7) is 3.62. The minimum atomic E-state index is 0.343. The Morgan fingerprint density at radius 1 is 1.12 bits per heavy atom. The van der Waals surface area contributed by atoms with Crippen LogP contribution in [0.15, 0.2) is 29.0 Å². The molecule has 2 aliphatic rings. The third-order valence-corrected chi connectivity index (χ3v) is 7.27. The summed E-state index contributed by atoms with van der Waals surface area (Å²) in [5, 5.41) is 4.37. The highest BCUT2D eigenvalue weighted by Gasteiger charge is 2.35. The molecule has 1 unspecified atom stereocenters. The minimum Gasteiger partial charge on any atom is -0.338 e. The number of thiophene rings is 2. The number of hydrogen-bond acceptors (Lipinski definition) is 3. The highest BCUT2D eigenvalue weighted by Crippen LogP contribution is 2.31. The molecule has 3 nitrogen and oxygen atoms in total. The van der Waals surface area contributed by atoms with Gasteiger partial charge in [0.15, 0.2) is 6.54 Å². The lowest BCUT2D eigenvalue weighted by Gasteiger charge is -2.33.